The molecule has 2 fully saturated rings. The summed E-state index contributed by atoms with van der Waals surface area (Å²) in [5.74, 6) is -0.508. The van der Waals surface area contributed by atoms with E-state index in [2.05, 4.69) is 21.0 Å². The lowest BCUT2D eigenvalue weighted by Gasteiger charge is -2.36. The van der Waals surface area contributed by atoms with Crippen molar-refractivity contribution in [2.75, 3.05) is 18.1 Å². The summed E-state index contributed by atoms with van der Waals surface area (Å²) in [6.45, 7) is 1.94. The first-order valence-electron chi connectivity index (χ1n) is 7.65. The van der Waals surface area contributed by atoms with E-state index in [1.165, 1.54) is 12.1 Å². The van der Waals surface area contributed by atoms with Gasteiger partial charge >= 0.3 is 0 Å². The summed E-state index contributed by atoms with van der Waals surface area (Å²) in [5, 5.41) is 8.28. The van der Waals surface area contributed by atoms with Crippen LogP contribution in [0.2, 0.25) is 5.02 Å². The number of hydrogen-bond donors (Lipinski definition) is 3. The Labute approximate surface area is 138 Å². The Morgan fingerprint density at radius 3 is 2.78 bits per heavy atom. The third-order valence-electron chi connectivity index (χ3n) is 4.38. The normalized spacial score (nSPS) is 27.8. The van der Waals surface area contributed by atoms with Crippen LogP contribution in [0.15, 0.2) is 30.0 Å². The van der Waals surface area contributed by atoms with Crippen LogP contribution < -0.4 is 21.1 Å². The number of carbonyl (C=O) groups excluding carboxylic acids is 1. The van der Waals surface area contributed by atoms with E-state index in [1.54, 1.807) is 17.3 Å². The highest BCUT2D eigenvalue weighted by Gasteiger charge is 2.39. The molecule has 0 saturated carbocycles. The number of halogens is 2. The summed E-state index contributed by atoms with van der Waals surface area (Å²) in [4.78, 5) is 14.6. The smallest absolute Gasteiger partial charge is 0.254 e. The van der Waals surface area contributed by atoms with Gasteiger partial charge in [-0.2, -0.15) is 0 Å². The molecular formula is C15H17ClFN5O. The first-order chi connectivity index (χ1) is 11.1. The van der Waals surface area contributed by atoms with Crippen LogP contribution in [-0.2, 0) is 4.79 Å². The lowest BCUT2D eigenvalue weighted by molar-refractivity contribution is -0.121. The lowest BCUT2D eigenvalue weighted by Crippen LogP contribution is -2.66. The highest BCUT2D eigenvalue weighted by molar-refractivity contribution is 6.33. The van der Waals surface area contributed by atoms with E-state index in [9.17, 15) is 9.18 Å². The number of hydrazine groups is 1. The van der Waals surface area contributed by atoms with Gasteiger partial charge in [-0.1, -0.05) is 11.6 Å². The van der Waals surface area contributed by atoms with Gasteiger partial charge in [0.1, 0.15) is 18.3 Å². The molecule has 3 aliphatic heterocycles. The van der Waals surface area contributed by atoms with Gasteiger partial charge in [-0.05, 0) is 31.0 Å². The molecule has 3 N–H and O–H groups in total. The van der Waals surface area contributed by atoms with E-state index < -0.39 is 5.82 Å². The van der Waals surface area contributed by atoms with Crippen LogP contribution >= 0.6 is 11.6 Å². The number of amides is 1. The summed E-state index contributed by atoms with van der Waals surface area (Å²) in [7, 11) is 0. The number of rotatable bonds is 2. The van der Waals surface area contributed by atoms with Crippen LogP contribution in [0, 0.1) is 5.82 Å². The average Bonchev–Trinajstić information content (AvgIpc) is 3.16. The Balaban J connectivity index is 1.54. The van der Waals surface area contributed by atoms with Crippen molar-refractivity contribution >= 4 is 23.2 Å². The molecule has 2 saturated heterocycles. The maximum atomic E-state index is 13.2. The molecule has 0 radical (unpaired) electrons. The fourth-order valence-corrected chi connectivity index (χ4v) is 3.45. The molecule has 8 heteroatoms. The summed E-state index contributed by atoms with van der Waals surface area (Å²) in [5.41, 5.74) is 4.37. The van der Waals surface area contributed by atoms with E-state index in [4.69, 9.17) is 11.6 Å². The number of nitrogens with zero attached hydrogens (tertiary/aromatic N) is 2. The molecule has 2 atom stereocenters. The maximum absolute atomic E-state index is 13.2. The third-order valence-corrected chi connectivity index (χ3v) is 4.68. The van der Waals surface area contributed by atoms with Crippen LogP contribution in [0.4, 0.5) is 10.1 Å². The molecule has 6 nitrogen and oxygen atoms in total. The van der Waals surface area contributed by atoms with Crippen molar-refractivity contribution in [3.63, 3.8) is 0 Å². The van der Waals surface area contributed by atoms with Crippen LogP contribution in [-0.4, -0.2) is 36.4 Å². The van der Waals surface area contributed by atoms with Gasteiger partial charge in [0.05, 0.1) is 16.3 Å². The highest BCUT2D eigenvalue weighted by atomic mass is 35.5. The van der Waals surface area contributed by atoms with Gasteiger partial charge in [0.15, 0.2) is 0 Å². The quantitative estimate of drug-likeness (QED) is 0.755. The van der Waals surface area contributed by atoms with Crippen molar-refractivity contribution in [2.24, 2.45) is 0 Å². The van der Waals surface area contributed by atoms with Crippen molar-refractivity contribution < 1.29 is 9.18 Å². The average molecular weight is 338 g/mol. The van der Waals surface area contributed by atoms with E-state index >= 15 is 0 Å². The van der Waals surface area contributed by atoms with E-state index in [0.29, 0.717) is 11.3 Å². The Morgan fingerprint density at radius 1 is 1.26 bits per heavy atom. The molecule has 3 aliphatic rings. The van der Waals surface area contributed by atoms with Crippen molar-refractivity contribution in [1.29, 1.82) is 0 Å². The largest absolute Gasteiger partial charge is 0.324 e. The maximum Gasteiger partial charge on any atom is 0.254 e. The summed E-state index contributed by atoms with van der Waals surface area (Å²) in [6.07, 6.45) is 3.50. The number of benzene rings is 1. The van der Waals surface area contributed by atoms with Gasteiger partial charge < -0.3 is 5.32 Å². The molecule has 1 aromatic rings. The molecule has 4 rings (SSSR count). The molecule has 1 aromatic carbocycles. The minimum atomic E-state index is -0.395. The zero-order chi connectivity index (χ0) is 16.0. The van der Waals surface area contributed by atoms with Crippen LogP contribution in [0.5, 0.6) is 0 Å². The minimum absolute atomic E-state index is 0.112. The molecule has 23 heavy (non-hydrogen) atoms. The zero-order valence-corrected chi connectivity index (χ0v) is 13.1. The standard InChI is InChI=1S/C15H17ClFN5O/c16-11-7-9(17)3-4-12(11)22-8-10-13(20-22)18-15(19-14(10)23)21-5-1-2-6-21/h3-4,7-8,13,15,18,20H,1-2,5-6H2,(H,19,23). The van der Waals surface area contributed by atoms with E-state index in [1.807, 2.05) is 0 Å². The SMILES string of the molecule is O=C1NC(N2CCCC2)NC2NN(c3ccc(F)cc3Cl)C=C12. The molecule has 0 aliphatic carbocycles. The van der Waals surface area contributed by atoms with Crippen LogP contribution in [0.3, 0.4) is 0 Å². The molecule has 0 aromatic heterocycles. The van der Waals surface area contributed by atoms with E-state index in [-0.39, 0.29) is 23.4 Å². The molecule has 122 valence electrons. The number of carbonyl (C=O) groups is 1. The first-order valence-corrected chi connectivity index (χ1v) is 8.03. The second-order valence-electron chi connectivity index (χ2n) is 5.90. The molecular weight excluding hydrogens is 321 g/mol. The molecule has 2 unspecified atom stereocenters. The van der Waals surface area contributed by atoms with Crippen molar-refractivity contribution in [3.05, 3.63) is 40.8 Å². The second kappa shape index (κ2) is 5.76. The summed E-state index contributed by atoms with van der Waals surface area (Å²) in [6, 6.07) is 4.17. The number of nitrogens with one attached hydrogen (secondary N) is 3. The van der Waals surface area contributed by atoms with Gasteiger partial charge in [-0.15, -0.1) is 0 Å². The molecule has 0 bridgehead atoms. The third kappa shape index (κ3) is 2.70. The van der Waals surface area contributed by atoms with Gasteiger partial charge in [0, 0.05) is 19.3 Å². The summed E-state index contributed by atoms with van der Waals surface area (Å²) < 4.78 is 13.2. The van der Waals surface area contributed by atoms with Crippen molar-refractivity contribution in [2.45, 2.75) is 25.3 Å². The Morgan fingerprint density at radius 2 is 2.04 bits per heavy atom. The van der Waals surface area contributed by atoms with E-state index in [0.717, 1.165) is 25.9 Å². The number of anilines is 1. The Hall–Kier alpha value is -1.67. The fourth-order valence-electron chi connectivity index (χ4n) is 3.20. The Kier molecular flexibility index (Phi) is 3.73. The molecule has 3 heterocycles. The zero-order valence-electron chi connectivity index (χ0n) is 12.4. The minimum Gasteiger partial charge on any atom is -0.324 e. The van der Waals surface area contributed by atoms with Crippen molar-refractivity contribution in [3.8, 4) is 0 Å². The topological polar surface area (TPSA) is 59.6 Å². The number of likely N-dealkylation sites (tertiary alicyclic amines) is 1. The van der Waals surface area contributed by atoms with Gasteiger partial charge in [-0.25, -0.2) is 9.82 Å². The summed E-state index contributed by atoms with van der Waals surface area (Å²) >= 11 is 6.10. The van der Waals surface area contributed by atoms with Gasteiger partial charge in [0.25, 0.3) is 5.91 Å². The Bertz CT molecular complexity index is 676. The molecule has 1 amide bonds. The molecule has 0 spiro atoms. The monoisotopic (exact) mass is 337 g/mol. The van der Waals surface area contributed by atoms with Gasteiger partial charge in [0.2, 0.25) is 0 Å². The van der Waals surface area contributed by atoms with Gasteiger partial charge in [-0.3, -0.25) is 20.0 Å². The number of fused-ring (bicyclic) bond motifs is 1. The predicted octanol–water partition coefficient (Wildman–Crippen LogP) is 1.11. The van der Waals surface area contributed by atoms with Crippen LogP contribution in [0.25, 0.3) is 0 Å². The lowest BCUT2D eigenvalue weighted by atomic mass is 10.2. The number of hydrogen-bond acceptors (Lipinski definition) is 5. The predicted molar refractivity (Wildman–Crippen MR) is 84.8 cm³/mol. The van der Waals surface area contributed by atoms with Crippen molar-refractivity contribution in [1.82, 2.24) is 21.0 Å². The second-order valence-corrected chi connectivity index (χ2v) is 6.31. The highest BCUT2D eigenvalue weighted by Crippen LogP contribution is 2.29. The first kappa shape index (κ1) is 14.9. The van der Waals surface area contributed by atoms with Crippen LogP contribution in [0.1, 0.15) is 12.8 Å². The fraction of sp³-hybridized carbons (Fsp3) is 0.400.